The van der Waals surface area contributed by atoms with Crippen molar-refractivity contribution in [2.45, 2.75) is 24.9 Å². The van der Waals surface area contributed by atoms with Gasteiger partial charge in [0.25, 0.3) is 0 Å². The summed E-state index contributed by atoms with van der Waals surface area (Å²) in [4.78, 5) is -0.244. The Hall–Kier alpha value is -0.0700. The van der Waals surface area contributed by atoms with Crippen molar-refractivity contribution >= 4 is 31.9 Å². The Balaban J connectivity index is 2.67. The third-order valence-corrected chi connectivity index (χ3v) is 4.03. The van der Waals surface area contributed by atoms with Crippen LogP contribution in [0.15, 0.2) is 16.6 Å². The van der Waals surface area contributed by atoms with Crippen LogP contribution < -0.4 is 0 Å². The van der Waals surface area contributed by atoms with E-state index in [1.165, 1.54) is 0 Å². The average Bonchev–Trinajstić information content (AvgIpc) is 2.21. The van der Waals surface area contributed by atoms with Gasteiger partial charge >= 0.3 is 6.18 Å². The molecule has 1 aromatic carbocycles. The Labute approximate surface area is 121 Å². The average molecular weight is 390 g/mol. The first-order chi connectivity index (χ1) is 8.20. The molecule has 0 fully saturated rings. The SMILES string of the molecule is Cc1cc(C(Br)COCC(F)(F)F)c(C)cc1Br. The topological polar surface area (TPSA) is 9.23 Å². The van der Waals surface area contributed by atoms with Gasteiger partial charge in [-0.3, -0.25) is 0 Å². The summed E-state index contributed by atoms with van der Waals surface area (Å²) in [5, 5.41) is 0. The fourth-order valence-electron chi connectivity index (χ4n) is 1.51. The van der Waals surface area contributed by atoms with Crippen LogP contribution in [0.3, 0.4) is 0 Å². The minimum atomic E-state index is -4.28. The lowest BCUT2D eigenvalue weighted by Crippen LogP contribution is -2.18. The van der Waals surface area contributed by atoms with Crippen molar-refractivity contribution in [2.24, 2.45) is 0 Å². The number of hydrogen-bond acceptors (Lipinski definition) is 1. The predicted octanol–water partition coefficient (Wildman–Crippen LogP) is 5.08. The van der Waals surface area contributed by atoms with Crippen molar-refractivity contribution in [2.75, 3.05) is 13.2 Å². The van der Waals surface area contributed by atoms with Crippen molar-refractivity contribution in [1.82, 2.24) is 0 Å². The van der Waals surface area contributed by atoms with E-state index in [1.807, 2.05) is 26.0 Å². The van der Waals surface area contributed by atoms with Gasteiger partial charge in [0.2, 0.25) is 0 Å². The molecule has 0 spiro atoms. The van der Waals surface area contributed by atoms with Crippen LogP contribution in [-0.4, -0.2) is 19.4 Å². The van der Waals surface area contributed by atoms with Gasteiger partial charge in [-0.1, -0.05) is 37.9 Å². The Bertz CT molecular complexity index is 419. The van der Waals surface area contributed by atoms with Gasteiger partial charge in [-0.15, -0.1) is 0 Å². The highest BCUT2D eigenvalue weighted by Crippen LogP contribution is 2.30. The quantitative estimate of drug-likeness (QED) is 0.652. The van der Waals surface area contributed by atoms with Gasteiger partial charge in [0.15, 0.2) is 0 Å². The molecule has 0 aliphatic carbocycles. The number of rotatable bonds is 4. The molecular weight excluding hydrogens is 377 g/mol. The highest BCUT2D eigenvalue weighted by molar-refractivity contribution is 9.10. The fourth-order valence-corrected chi connectivity index (χ4v) is 2.65. The second kappa shape index (κ2) is 6.39. The molecule has 0 amide bonds. The van der Waals surface area contributed by atoms with Crippen molar-refractivity contribution < 1.29 is 17.9 Å². The molecular formula is C12H13Br2F3O. The molecule has 0 aliphatic rings. The van der Waals surface area contributed by atoms with Gasteiger partial charge in [0.1, 0.15) is 6.61 Å². The van der Waals surface area contributed by atoms with Crippen LogP contribution in [0.5, 0.6) is 0 Å². The zero-order valence-corrected chi connectivity index (χ0v) is 13.1. The zero-order valence-electron chi connectivity index (χ0n) is 9.94. The van der Waals surface area contributed by atoms with Crippen LogP contribution in [0.4, 0.5) is 13.2 Å². The first-order valence-corrected chi connectivity index (χ1v) is 6.97. The van der Waals surface area contributed by atoms with Gasteiger partial charge in [0.05, 0.1) is 11.4 Å². The summed E-state index contributed by atoms with van der Waals surface area (Å²) in [6.07, 6.45) is -4.28. The van der Waals surface area contributed by atoms with E-state index in [0.29, 0.717) is 0 Å². The second-order valence-electron chi connectivity index (χ2n) is 4.06. The monoisotopic (exact) mass is 388 g/mol. The fraction of sp³-hybridized carbons (Fsp3) is 0.500. The molecule has 0 aliphatic heterocycles. The molecule has 1 nitrogen and oxygen atoms in total. The molecule has 1 unspecified atom stereocenters. The van der Waals surface area contributed by atoms with Crippen LogP contribution in [-0.2, 0) is 4.74 Å². The molecule has 0 bridgehead atoms. The lowest BCUT2D eigenvalue weighted by molar-refractivity contribution is -0.173. The van der Waals surface area contributed by atoms with E-state index in [-0.39, 0.29) is 11.4 Å². The van der Waals surface area contributed by atoms with E-state index in [4.69, 9.17) is 0 Å². The zero-order chi connectivity index (χ0) is 13.9. The van der Waals surface area contributed by atoms with Crippen molar-refractivity contribution in [3.05, 3.63) is 33.3 Å². The molecule has 6 heteroatoms. The lowest BCUT2D eigenvalue weighted by Gasteiger charge is -2.16. The maximum Gasteiger partial charge on any atom is 0.411 e. The molecule has 0 heterocycles. The summed E-state index contributed by atoms with van der Waals surface area (Å²) in [6.45, 7) is 2.62. The van der Waals surface area contributed by atoms with Crippen LogP contribution in [0.2, 0.25) is 0 Å². The molecule has 0 saturated heterocycles. The predicted molar refractivity (Wildman–Crippen MR) is 72.2 cm³/mol. The van der Waals surface area contributed by atoms with Crippen LogP contribution in [0.1, 0.15) is 21.5 Å². The van der Waals surface area contributed by atoms with E-state index in [2.05, 4.69) is 36.6 Å². The Kier molecular flexibility index (Phi) is 5.67. The summed E-state index contributed by atoms with van der Waals surface area (Å²) >= 11 is 6.77. The third-order valence-electron chi connectivity index (χ3n) is 2.41. The summed E-state index contributed by atoms with van der Waals surface area (Å²) in [5.74, 6) is 0. The van der Waals surface area contributed by atoms with Gasteiger partial charge in [-0.05, 0) is 36.6 Å². The van der Waals surface area contributed by atoms with E-state index >= 15 is 0 Å². The molecule has 0 saturated carbocycles. The number of hydrogen-bond donors (Lipinski definition) is 0. The van der Waals surface area contributed by atoms with Crippen molar-refractivity contribution in [3.63, 3.8) is 0 Å². The Morgan fingerprint density at radius 3 is 2.39 bits per heavy atom. The highest BCUT2D eigenvalue weighted by Gasteiger charge is 2.28. The Morgan fingerprint density at radius 2 is 1.83 bits per heavy atom. The summed E-state index contributed by atoms with van der Waals surface area (Å²) < 4.78 is 41.5. The standard InChI is InChI=1S/C12H13Br2F3O/c1-7-4-10(13)8(2)3-9(7)11(14)5-18-6-12(15,16)17/h3-4,11H,5-6H2,1-2H3. The lowest BCUT2D eigenvalue weighted by atomic mass is 10.0. The highest BCUT2D eigenvalue weighted by atomic mass is 79.9. The number of halogens is 5. The number of ether oxygens (including phenoxy) is 1. The molecule has 0 aromatic heterocycles. The first-order valence-electron chi connectivity index (χ1n) is 5.26. The molecule has 1 atom stereocenters. The third kappa shape index (κ3) is 4.90. The molecule has 1 aromatic rings. The van der Waals surface area contributed by atoms with Crippen molar-refractivity contribution in [1.29, 1.82) is 0 Å². The number of benzene rings is 1. The van der Waals surface area contributed by atoms with Gasteiger partial charge < -0.3 is 4.74 Å². The van der Waals surface area contributed by atoms with Gasteiger partial charge in [-0.2, -0.15) is 13.2 Å². The van der Waals surface area contributed by atoms with Crippen LogP contribution in [0, 0.1) is 13.8 Å². The Morgan fingerprint density at radius 1 is 1.22 bits per heavy atom. The van der Waals surface area contributed by atoms with Crippen molar-refractivity contribution in [3.8, 4) is 0 Å². The first kappa shape index (κ1) is 16.0. The molecule has 0 N–H and O–H groups in total. The largest absolute Gasteiger partial charge is 0.411 e. The smallest absolute Gasteiger partial charge is 0.371 e. The van der Waals surface area contributed by atoms with Crippen LogP contribution in [0.25, 0.3) is 0 Å². The summed E-state index contributed by atoms with van der Waals surface area (Å²) in [7, 11) is 0. The molecule has 1 rings (SSSR count). The maximum atomic E-state index is 12.0. The normalized spacial score (nSPS) is 13.7. The van der Waals surface area contributed by atoms with Gasteiger partial charge in [0, 0.05) is 4.47 Å². The summed E-state index contributed by atoms with van der Waals surface area (Å²) in [5.41, 5.74) is 2.98. The second-order valence-corrected chi connectivity index (χ2v) is 6.02. The molecule has 102 valence electrons. The summed E-state index contributed by atoms with van der Waals surface area (Å²) in [6, 6.07) is 3.89. The minimum absolute atomic E-state index is 0.0125. The molecule has 18 heavy (non-hydrogen) atoms. The number of aryl methyl sites for hydroxylation is 2. The van der Waals surface area contributed by atoms with E-state index in [1.54, 1.807) is 0 Å². The number of alkyl halides is 4. The van der Waals surface area contributed by atoms with E-state index < -0.39 is 12.8 Å². The van der Waals surface area contributed by atoms with Crippen LogP contribution >= 0.6 is 31.9 Å². The van der Waals surface area contributed by atoms with Gasteiger partial charge in [-0.25, -0.2) is 0 Å². The minimum Gasteiger partial charge on any atom is -0.371 e. The van der Waals surface area contributed by atoms with E-state index in [0.717, 1.165) is 21.2 Å². The molecule has 0 radical (unpaired) electrons. The maximum absolute atomic E-state index is 12.0. The van der Waals surface area contributed by atoms with E-state index in [9.17, 15) is 13.2 Å².